The molecule has 0 aliphatic carbocycles. The highest BCUT2D eigenvalue weighted by Gasteiger charge is 2.37. The fraction of sp³-hybridized carbons (Fsp3) is 0.208. The highest BCUT2D eigenvalue weighted by molar-refractivity contribution is 5.92. The highest BCUT2D eigenvalue weighted by atomic mass is 19.4. The number of carbonyl (C=O) groups is 1. The standard InChI is InChI=1S/C24H20F3N7O2/c1-13-4-3-5-20-22(13)34(23(36)33(20)12-21(35)31-14(2)24(25,26)27)15-6-7-18(29-8-15)16-9-28-11-19-17(16)10-30-32-19/h3-11,14H,12H2,1-2H3,(H,30,32)(H,31,35). The first kappa shape index (κ1) is 23.3. The van der Waals surface area contributed by atoms with Crippen molar-refractivity contribution in [2.45, 2.75) is 32.6 Å². The number of hydrogen-bond acceptors (Lipinski definition) is 5. The molecule has 12 heteroatoms. The first-order valence-corrected chi connectivity index (χ1v) is 11.0. The van der Waals surface area contributed by atoms with Gasteiger partial charge in [0, 0.05) is 17.1 Å². The molecule has 1 atom stereocenters. The molecule has 0 fully saturated rings. The van der Waals surface area contributed by atoms with Gasteiger partial charge in [-0.05, 0) is 37.6 Å². The van der Waals surface area contributed by atoms with Crippen LogP contribution < -0.4 is 11.0 Å². The van der Waals surface area contributed by atoms with Crippen LogP contribution in [0.3, 0.4) is 0 Å². The van der Waals surface area contributed by atoms with E-state index in [1.54, 1.807) is 42.9 Å². The molecule has 0 spiro atoms. The predicted molar refractivity (Wildman–Crippen MR) is 127 cm³/mol. The number of nitrogens with one attached hydrogen (secondary N) is 2. The minimum absolute atomic E-state index is 0.422. The lowest BCUT2D eigenvalue weighted by atomic mass is 10.1. The Labute approximate surface area is 201 Å². The van der Waals surface area contributed by atoms with E-state index < -0.39 is 30.4 Å². The molecule has 9 nitrogen and oxygen atoms in total. The van der Waals surface area contributed by atoms with Crippen molar-refractivity contribution in [1.29, 1.82) is 0 Å². The number of nitrogens with zero attached hydrogens (tertiary/aromatic N) is 5. The van der Waals surface area contributed by atoms with Crippen molar-refractivity contribution < 1.29 is 18.0 Å². The molecule has 0 aliphatic heterocycles. The highest BCUT2D eigenvalue weighted by Crippen LogP contribution is 2.27. The Morgan fingerprint density at radius 3 is 2.67 bits per heavy atom. The molecule has 4 heterocycles. The summed E-state index contributed by atoms with van der Waals surface area (Å²) in [7, 11) is 0. The number of carbonyl (C=O) groups excluding carboxylic acids is 1. The molecule has 0 aliphatic rings. The summed E-state index contributed by atoms with van der Waals surface area (Å²) in [6.07, 6.45) is 1.94. The number of fused-ring (bicyclic) bond motifs is 2. The van der Waals surface area contributed by atoms with Crippen LogP contribution in [0.4, 0.5) is 13.2 Å². The first-order chi connectivity index (χ1) is 17.1. The van der Waals surface area contributed by atoms with Crippen molar-refractivity contribution in [3.63, 3.8) is 0 Å². The number of pyridine rings is 2. The van der Waals surface area contributed by atoms with Crippen LogP contribution in [0.25, 0.3) is 38.9 Å². The van der Waals surface area contributed by atoms with Crippen LogP contribution in [0, 0.1) is 6.92 Å². The maximum atomic E-state index is 13.4. The molecule has 0 saturated heterocycles. The van der Waals surface area contributed by atoms with Crippen molar-refractivity contribution in [2.75, 3.05) is 0 Å². The molecule has 36 heavy (non-hydrogen) atoms. The lowest BCUT2D eigenvalue weighted by Crippen LogP contribution is -2.45. The van der Waals surface area contributed by atoms with Crippen LogP contribution in [0.5, 0.6) is 0 Å². The van der Waals surface area contributed by atoms with Gasteiger partial charge in [0.2, 0.25) is 5.91 Å². The van der Waals surface area contributed by atoms with Gasteiger partial charge in [0.15, 0.2) is 0 Å². The smallest absolute Gasteiger partial charge is 0.343 e. The minimum Gasteiger partial charge on any atom is -0.343 e. The number of aromatic amines is 1. The number of benzene rings is 1. The summed E-state index contributed by atoms with van der Waals surface area (Å²) >= 11 is 0. The second-order valence-electron chi connectivity index (χ2n) is 8.40. The van der Waals surface area contributed by atoms with Crippen LogP contribution in [0.1, 0.15) is 12.5 Å². The van der Waals surface area contributed by atoms with Crippen molar-refractivity contribution >= 4 is 27.8 Å². The Morgan fingerprint density at radius 2 is 1.94 bits per heavy atom. The molecule has 2 N–H and O–H groups in total. The van der Waals surface area contributed by atoms with E-state index in [9.17, 15) is 22.8 Å². The molecule has 0 bridgehead atoms. The summed E-state index contributed by atoms with van der Waals surface area (Å²) in [5, 5.41) is 9.63. The summed E-state index contributed by atoms with van der Waals surface area (Å²) in [5.41, 5.74) is 3.72. The summed E-state index contributed by atoms with van der Waals surface area (Å²) in [6, 6.07) is 6.58. The van der Waals surface area contributed by atoms with Crippen LogP contribution in [0.2, 0.25) is 0 Å². The Kier molecular flexibility index (Phi) is 5.58. The third kappa shape index (κ3) is 4.00. The third-order valence-corrected chi connectivity index (χ3v) is 5.97. The largest absolute Gasteiger partial charge is 0.408 e. The minimum atomic E-state index is -4.59. The maximum absolute atomic E-state index is 13.4. The van der Waals surface area contributed by atoms with Gasteiger partial charge in [-0.3, -0.25) is 29.0 Å². The quantitative estimate of drug-likeness (QED) is 0.388. The number of hydrogen-bond donors (Lipinski definition) is 2. The van der Waals surface area contributed by atoms with Gasteiger partial charge in [-0.2, -0.15) is 18.3 Å². The molecular weight excluding hydrogens is 475 g/mol. The summed E-state index contributed by atoms with van der Waals surface area (Å²) in [5.74, 6) is -0.920. The second-order valence-corrected chi connectivity index (χ2v) is 8.40. The Hall–Kier alpha value is -4.48. The van der Waals surface area contributed by atoms with E-state index >= 15 is 0 Å². The molecule has 5 rings (SSSR count). The molecular formula is C24H20F3N7O2. The Balaban J connectivity index is 1.55. The van der Waals surface area contributed by atoms with Crippen LogP contribution >= 0.6 is 0 Å². The molecule has 1 aromatic carbocycles. The fourth-order valence-electron chi connectivity index (χ4n) is 4.12. The number of aryl methyl sites for hydroxylation is 1. The van der Waals surface area contributed by atoms with E-state index in [2.05, 4.69) is 20.2 Å². The van der Waals surface area contributed by atoms with E-state index in [1.807, 2.05) is 18.3 Å². The Bertz CT molecular complexity index is 1650. The van der Waals surface area contributed by atoms with Crippen LogP contribution in [-0.2, 0) is 11.3 Å². The number of aromatic nitrogens is 6. The Morgan fingerprint density at radius 1 is 1.14 bits per heavy atom. The lowest BCUT2D eigenvalue weighted by molar-refractivity contribution is -0.158. The van der Waals surface area contributed by atoms with Gasteiger partial charge in [0.25, 0.3) is 0 Å². The average molecular weight is 495 g/mol. The van der Waals surface area contributed by atoms with Gasteiger partial charge in [-0.1, -0.05) is 12.1 Å². The predicted octanol–water partition coefficient (Wildman–Crippen LogP) is 3.50. The van der Waals surface area contributed by atoms with E-state index in [-0.39, 0.29) is 0 Å². The van der Waals surface area contributed by atoms with Gasteiger partial charge in [-0.15, -0.1) is 0 Å². The normalized spacial score (nSPS) is 12.8. The average Bonchev–Trinajstić information content (AvgIpc) is 3.42. The number of rotatable bonds is 5. The van der Waals surface area contributed by atoms with Gasteiger partial charge in [-0.25, -0.2) is 4.79 Å². The molecule has 5 aromatic rings. The van der Waals surface area contributed by atoms with Gasteiger partial charge < -0.3 is 5.32 Å². The monoisotopic (exact) mass is 495 g/mol. The maximum Gasteiger partial charge on any atom is 0.408 e. The van der Waals surface area contributed by atoms with Gasteiger partial charge in [0.05, 0.1) is 46.5 Å². The first-order valence-electron chi connectivity index (χ1n) is 11.0. The third-order valence-electron chi connectivity index (χ3n) is 5.97. The van der Waals surface area contributed by atoms with E-state index in [1.165, 1.54) is 10.8 Å². The number of H-pyrrole nitrogens is 1. The number of alkyl halides is 3. The van der Waals surface area contributed by atoms with Crippen molar-refractivity contribution in [2.24, 2.45) is 0 Å². The number of imidazole rings is 1. The molecule has 0 saturated carbocycles. The van der Waals surface area contributed by atoms with Crippen molar-refractivity contribution in [1.82, 2.24) is 34.6 Å². The summed E-state index contributed by atoms with van der Waals surface area (Å²) < 4.78 is 41.2. The SMILES string of the molecule is Cc1cccc2c1n(-c1ccc(-c3cncc4[nH]ncc34)nc1)c(=O)n2CC(=O)NC(C)C(F)(F)F. The molecule has 1 unspecified atom stereocenters. The number of halogens is 3. The van der Waals surface area contributed by atoms with E-state index in [0.717, 1.165) is 33.5 Å². The van der Waals surface area contributed by atoms with Gasteiger partial charge >= 0.3 is 11.9 Å². The van der Waals surface area contributed by atoms with E-state index in [4.69, 9.17) is 0 Å². The second kappa shape index (κ2) is 8.63. The van der Waals surface area contributed by atoms with Crippen molar-refractivity contribution in [3.8, 4) is 16.9 Å². The summed E-state index contributed by atoms with van der Waals surface area (Å²) in [4.78, 5) is 34.5. The molecule has 4 aromatic heterocycles. The number of amides is 1. The number of para-hydroxylation sites is 1. The zero-order valence-electron chi connectivity index (χ0n) is 19.2. The lowest BCUT2D eigenvalue weighted by Gasteiger charge is -2.17. The zero-order valence-corrected chi connectivity index (χ0v) is 19.2. The van der Waals surface area contributed by atoms with Crippen molar-refractivity contribution in [3.05, 3.63) is 71.2 Å². The van der Waals surface area contributed by atoms with E-state index in [0.29, 0.717) is 22.4 Å². The van der Waals surface area contributed by atoms with Crippen LogP contribution in [0.15, 0.2) is 59.9 Å². The molecule has 1 amide bonds. The zero-order chi connectivity index (χ0) is 25.6. The van der Waals surface area contributed by atoms with Gasteiger partial charge in [0.1, 0.15) is 12.6 Å². The molecule has 184 valence electrons. The fourth-order valence-corrected chi connectivity index (χ4v) is 4.12. The van der Waals surface area contributed by atoms with Crippen LogP contribution in [-0.4, -0.2) is 47.4 Å². The summed E-state index contributed by atoms with van der Waals surface area (Å²) in [6.45, 7) is 2.09. The molecule has 0 radical (unpaired) electrons. The topological polar surface area (TPSA) is 110 Å².